The Labute approximate surface area is 184 Å². The number of anilines is 2. The van der Waals surface area contributed by atoms with Gasteiger partial charge in [0.15, 0.2) is 6.10 Å². The monoisotopic (exact) mass is 434 g/mol. The van der Waals surface area contributed by atoms with Crippen molar-refractivity contribution in [3.05, 3.63) is 89.4 Å². The number of amides is 2. The molecule has 5 rings (SSSR count). The second kappa shape index (κ2) is 7.72. The quantitative estimate of drug-likeness (QED) is 0.570. The average molecular weight is 435 g/mol. The zero-order chi connectivity index (χ0) is 21.5. The molecule has 2 fully saturated rings. The van der Waals surface area contributed by atoms with Crippen LogP contribution in [0.3, 0.4) is 0 Å². The molecule has 0 saturated carbocycles. The van der Waals surface area contributed by atoms with E-state index in [1.807, 2.05) is 42.5 Å². The Bertz CT molecular complexity index is 1120. The van der Waals surface area contributed by atoms with Crippen LogP contribution in [-0.2, 0) is 14.4 Å². The molecule has 2 aliphatic rings. The maximum atomic E-state index is 13.5. The Balaban J connectivity index is 1.56. The molecule has 0 spiro atoms. The molecule has 156 valence electrons. The maximum Gasteiger partial charge on any atom is 0.266 e. The van der Waals surface area contributed by atoms with Crippen LogP contribution < -0.4 is 14.7 Å². The van der Waals surface area contributed by atoms with Crippen LogP contribution in [0.4, 0.5) is 11.4 Å². The summed E-state index contributed by atoms with van der Waals surface area (Å²) in [5, 5.41) is 2.26. The number of imide groups is 1. The van der Waals surface area contributed by atoms with Crippen molar-refractivity contribution in [3.8, 4) is 5.75 Å². The Kier molecular flexibility index (Phi) is 4.88. The fourth-order valence-electron chi connectivity index (χ4n) is 4.20. The lowest BCUT2D eigenvalue weighted by atomic mass is 9.90. The number of hydroxylamine groups is 1. The van der Waals surface area contributed by atoms with E-state index in [9.17, 15) is 9.59 Å². The van der Waals surface area contributed by atoms with Crippen molar-refractivity contribution in [3.63, 3.8) is 0 Å². The molecule has 2 aliphatic heterocycles. The highest BCUT2D eigenvalue weighted by Gasteiger charge is 2.60. The fraction of sp³-hybridized carbons (Fsp3) is 0.167. The Morgan fingerprint density at radius 1 is 0.839 bits per heavy atom. The number of carbonyl (C=O) groups excluding carboxylic acids is 2. The molecule has 0 radical (unpaired) electrons. The highest BCUT2D eigenvalue weighted by Crippen LogP contribution is 2.47. The van der Waals surface area contributed by atoms with Crippen LogP contribution in [-0.4, -0.2) is 25.0 Å². The van der Waals surface area contributed by atoms with E-state index in [0.29, 0.717) is 16.5 Å². The molecule has 0 aromatic heterocycles. The van der Waals surface area contributed by atoms with E-state index in [4.69, 9.17) is 21.2 Å². The predicted molar refractivity (Wildman–Crippen MR) is 117 cm³/mol. The molecule has 0 N–H and O–H groups in total. The van der Waals surface area contributed by atoms with Gasteiger partial charge in [0.25, 0.3) is 5.91 Å². The van der Waals surface area contributed by atoms with Crippen molar-refractivity contribution >= 4 is 34.8 Å². The molecule has 0 bridgehead atoms. The summed E-state index contributed by atoms with van der Waals surface area (Å²) >= 11 is 6.08. The third-order valence-electron chi connectivity index (χ3n) is 5.67. The van der Waals surface area contributed by atoms with Gasteiger partial charge >= 0.3 is 0 Å². The number of fused-ring (bicyclic) bond motifs is 1. The molecule has 31 heavy (non-hydrogen) atoms. The van der Waals surface area contributed by atoms with Gasteiger partial charge in [-0.05, 0) is 54.1 Å². The van der Waals surface area contributed by atoms with Crippen molar-refractivity contribution < 1.29 is 19.2 Å². The number of methoxy groups -OCH3 is 1. The van der Waals surface area contributed by atoms with Gasteiger partial charge in [-0.3, -0.25) is 14.4 Å². The molecule has 0 aliphatic carbocycles. The van der Waals surface area contributed by atoms with Gasteiger partial charge in [0.05, 0.1) is 24.5 Å². The van der Waals surface area contributed by atoms with Gasteiger partial charge in [-0.1, -0.05) is 41.9 Å². The number of hydrogen-bond donors (Lipinski definition) is 0. The van der Waals surface area contributed by atoms with E-state index in [0.717, 1.165) is 11.3 Å². The Morgan fingerprint density at radius 2 is 1.52 bits per heavy atom. The molecule has 6 nitrogen and oxygen atoms in total. The molecular formula is C24H19ClN2O4. The minimum absolute atomic E-state index is 0.293. The maximum absolute atomic E-state index is 13.5. The van der Waals surface area contributed by atoms with Crippen LogP contribution in [0.25, 0.3) is 0 Å². The van der Waals surface area contributed by atoms with E-state index >= 15 is 0 Å². The molecule has 2 heterocycles. The lowest BCUT2D eigenvalue weighted by Gasteiger charge is -2.28. The second-order valence-electron chi connectivity index (χ2n) is 7.42. The number of nitrogens with zero attached hydrogens (tertiary/aromatic N) is 2. The smallest absolute Gasteiger partial charge is 0.266 e. The number of benzene rings is 3. The van der Waals surface area contributed by atoms with Gasteiger partial charge in [0, 0.05) is 5.02 Å². The van der Waals surface area contributed by atoms with Crippen molar-refractivity contribution in [1.82, 2.24) is 0 Å². The number of halogens is 1. The van der Waals surface area contributed by atoms with Crippen molar-refractivity contribution in [2.75, 3.05) is 17.1 Å². The van der Waals surface area contributed by atoms with Gasteiger partial charge in [-0.25, -0.2) is 9.96 Å². The fourth-order valence-corrected chi connectivity index (χ4v) is 4.32. The summed E-state index contributed by atoms with van der Waals surface area (Å²) in [5.74, 6) is -0.708. The minimum Gasteiger partial charge on any atom is -0.497 e. The lowest BCUT2D eigenvalue weighted by molar-refractivity contribution is -0.126. The summed E-state index contributed by atoms with van der Waals surface area (Å²) in [7, 11) is 1.56. The zero-order valence-corrected chi connectivity index (χ0v) is 17.4. The topological polar surface area (TPSA) is 59.1 Å². The molecule has 3 aromatic rings. The SMILES string of the molecule is COc1ccc(N2C(=O)[C@@H]3[C@@H](c4ccc(Cl)cc4)N(c4ccccc4)O[C@H]3C2=O)cc1. The molecular weight excluding hydrogens is 416 g/mol. The summed E-state index contributed by atoms with van der Waals surface area (Å²) in [5.41, 5.74) is 2.11. The first kappa shape index (κ1) is 19.6. The highest BCUT2D eigenvalue weighted by molar-refractivity contribution is 6.30. The average Bonchev–Trinajstić information content (AvgIpc) is 3.31. The van der Waals surface area contributed by atoms with E-state index in [1.54, 1.807) is 48.6 Å². The zero-order valence-electron chi connectivity index (χ0n) is 16.6. The van der Waals surface area contributed by atoms with Gasteiger partial charge in [-0.2, -0.15) is 0 Å². The number of hydrogen-bond acceptors (Lipinski definition) is 5. The first-order chi connectivity index (χ1) is 15.1. The Morgan fingerprint density at radius 3 is 2.16 bits per heavy atom. The largest absolute Gasteiger partial charge is 0.497 e. The molecule has 2 amide bonds. The standard InChI is InChI=1S/C24H19ClN2O4/c1-30-19-13-11-17(12-14-19)26-23(28)20-21(15-7-9-16(25)10-8-15)27(31-22(20)24(26)29)18-5-3-2-4-6-18/h2-14,20-22H,1H3/t20-,21-,22-/m1/s1. The normalized spacial score (nSPS) is 22.7. The lowest BCUT2D eigenvalue weighted by Crippen LogP contribution is -2.37. The molecule has 3 atom stereocenters. The molecule has 0 unspecified atom stereocenters. The van der Waals surface area contributed by atoms with Gasteiger partial charge in [0.2, 0.25) is 5.91 Å². The Hall–Kier alpha value is -3.35. The van der Waals surface area contributed by atoms with Gasteiger partial charge in [-0.15, -0.1) is 0 Å². The van der Waals surface area contributed by atoms with Crippen LogP contribution in [0.2, 0.25) is 5.02 Å². The van der Waals surface area contributed by atoms with Crippen LogP contribution in [0.1, 0.15) is 11.6 Å². The van der Waals surface area contributed by atoms with Crippen molar-refractivity contribution in [1.29, 1.82) is 0 Å². The van der Waals surface area contributed by atoms with Crippen LogP contribution in [0.15, 0.2) is 78.9 Å². The summed E-state index contributed by atoms with van der Waals surface area (Å²) in [6, 6.07) is 23.1. The summed E-state index contributed by atoms with van der Waals surface area (Å²) < 4.78 is 5.18. The first-order valence-electron chi connectivity index (χ1n) is 9.87. The van der Waals surface area contributed by atoms with Crippen molar-refractivity contribution in [2.24, 2.45) is 5.92 Å². The summed E-state index contributed by atoms with van der Waals surface area (Å²) in [6.07, 6.45) is -0.907. The second-order valence-corrected chi connectivity index (χ2v) is 7.86. The van der Waals surface area contributed by atoms with Crippen LogP contribution in [0, 0.1) is 5.92 Å². The minimum atomic E-state index is -0.907. The molecule has 2 saturated heterocycles. The summed E-state index contributed by atoms with van der Waals surface area (Å²) in [4.78, 5) is 34.1. The number of carbonyl (C=O) groups is 2. The van der Waals surface area contributed by atoms with E-state index in [2.05, 4.69) is 0 Å². The van der Waals surface area contributed by atoms with Gasteiger partial charge < -0.3 is 4.74 Å². The van der Waals surface area contributed by atoms with Crippen molar-refractivity contribution in [2.45, 2.75) is 12.1 Å². The van der Waals surface area contributed by atoms with Gasteiger partial charge in [0.1, 0.15) is 11.7 Å². The van der Waals surface area contributed by atoms with E-state index < -0.39 is 18.1 Å². The predicted octanol–water partition coefficient (Wildman–Crippen LogP) is 4.40. The molecule has 3 aromatic carbocycles. The molecule has 7 heteroatoms. The summed E-state index contributed by atoms with van der Waals surface area (Å²) in [6.45, 7) is 0. The van der Waals surface area contributed by atoms with E-state index in [-0.39, 0.29) is 11.8 Å². The number of ether oxygens (including phenoxy) is 1. The third kappa shape index (κ3) is 3.24. The van der Waals surface area contributed by atoms with Crippen LogP contribution >= 0.6 is 11.6 Å². The number of rotatable bonds is 4. The first-order valence-corrected chi connectivity index (χ1v) is 10.2. The van der Waals surface area contributed by atoms with E-state index in [1.165, 1.54) is 4.90 Å². The number of para-hydroxylation sites is 1. The highest BCUT2D eigenvalue weighted by atomic mass is 35.5. The van der Waals surface area contributed by atoms with Crippen LogP contribution in [0.5, 0.6) is 5.75 Å². The third-order valence-corrected chi connectivity index (χ3v) is 5.92.